The highest BCUT2D eigenvalue weighted by Gasteiger charge is 2.37. The van der Waals surface area contributed by atoms with Crippen molar-refractivity contribution in [2.75, 3.05) is 26.1 Å². The van der Waals surface area contributed by atoms with Crippen molar-refractivity contribution >= 4 is 25.4 Å². The van der Waals surface area contributed by atoms with Crippen LogP contribution in [0.15, 0.2) is 0 Å². The predicted octanol–water partition coefficient (Wildman–Crippen LogP) is 1.85. The van der Waals surface area contributed by atoms with E-state index >= 15 is 0 Å². The second-order valence-corrected chi connectivity index (χ2v) is 6.95. The van der Waals surface area contributed by atoms with Gasteiger partial charge in [-0.05, 0) is 26.7 Å². The second kappa shape index (κ2) is 9.00. The van der Waals surface area contributed by atoms with Crippen LogP contribution in [0.5, 0.6) is 0 Å². The molecule has 1 amide bonds. The van der Waals surface area contributed by atoms with E-state index in [0.29, 0.717) is 0 Å². The topological polar surface area (TPSA) is 119 Å². The molecule has 0 unspecified atom stereocenters. The van der Waals surface area contributed by atoms with Crippen LogP contribution in [0.3, 0.4) is 0 Å². The average molecular weight is 351 g/mol. The van der Waals surface area contributed by atoms with Gasteiger partial charge in [0.1, 0.15) is 18.0 Å². The Labute approximate surface area is 134 Å². The molecule has 10 heteroatoms. The highest BCUT2D eigenvalue weighted by molar-refractivity contribution is 7.54. The molecule has 132 valence electrons. The Balaban J connectivity index is 2.45. The average Bonchev–Trinajstić information content (AvgIpc) is 2.80. The number of amides is 1. The summed E-state index contributed by atoms with van der Waals surface area (Å²) in [5.41, 5.74) is 0. The molecule has 23 heavy (non-hydrogen) atoms. The SMILES string of the molecule is CCOP(=O)(CC(=O)CCC[C@@H]1C(=O)OCN1C(=O)O)OCC. The van der Waals surface area contributed by atoms with Gasteiger partial charge in [-0.1, -0.05) is 0 Å². The van der Waals surface area contributed by atoms with Gasteiger partial charge in [0.15, 0.2) is 6.73 Å². The molecule has 1 heterocycles. The summed E-state index contributed by atoms with van der Waals surface area (Å²) in [6, 6.07) is -0.897. The maximum atomic E-state index is 12.2. The van der Waals surface area contributed by atoms with Crippen molar-refractivity contribution in [2.24, 2.45) is 0 Å². The van der Waals surface area contributed by atoms with E-state index in [1.54, 1.807) is 13.8 Å². The lowest BCUT2D eigenvalue weighted by Crippen LogP contribution is -2.37. The monoisotopic (exact) mass is 351 g/mol. The number of ether oxygens (including phenoxy) is 1. The fraction of sp³-hybridized carbons (Fsp3) is 0.769. The summed E-state index contributed by atoms with van der Waals surface area (Å²) in [6.45, 7) is 3.36. The lowest BCUT2D eigenvalue weighted by atomic mass is 10.1. The van der Waals surface area contributed by atoms with E-state index in [0.717, 1.165) is 4.90 Å². The molecule has 0 radical (unpaired) electrons. The summed E-state index contributed by atoms with van der Waals surface area (Å²) >= 11 is 0. The van der Waals surface area contributed by atoms with E-state index < -0.39 is 25.7 Å². The molecule has 0 bridgehead atoms. The van der Waals surface area contributed by atoms with Gasteiger partial charge in [0, 0.05) is 6.42 Å². The number of Topliss-reactive ketones (excluding diaryl/α,β-unsaturated/α-hetero) is 1. The molecule has 1 rings (SSSR count). The fourth-order valence-corrected chi connectivity index (χ4v) is 3.85. The van der Waals surface area contributed by atoms with E-state index in [1.807, 2.05) is 0 Å². The summed E-state index contributed by atoms with van der Waals surface area (Å²) in [4.78, 5) is 35.2. The van der Waals surface area contributed by atoms with E-state index in [9.17, 15) is 18.9 Å². The largest absolute Gasteiger partial charge is 0.465 e. The quantitative estimate of drug-likeness (QED) is 0.468. The zero-order chi connectivity index (χ0) is 17.5. The van der Waals surface area contributed by atoms with Gasteiger partial charge in [-0.15, -0.1) is 0 Å². The number of carboxylic acid groups (broad SMARTS) is 1. The molecule has 0 aliphatic carbocycles. The molecule has 1 aliphatic rings. The summed E-state index contributed by atoms with van der Waals surface area (Å²) in [6.07, 6.45) is -1.07. The number of ketones is 1. The van der Waals surface area contributed by atoms with Crippen molar-refractivity contribution in [2.45, 2.75) is 39.2 Å². The second-order valence-electron chi connectivity index (χ2n) is 4.90. The maximum Gasteiger partial charge on any atom is 0.410 e. The third kappa shape index (κ3) is 5.93. The number of cyclic esters (lactones) is 1. The fourth-order valence-electron chi connectivity index (χ4n) is 2.22. The molecule has 0 aromatic rings. The molecular weight excluding hydrogens is 329 g/mol. The standard InChI is InChI=1S/C13H22NO8P/c1-3-21-23(19,22-4-2)8-10(15)6-5-7-11-12(16)20-9-14(11)13(17)18/h11H,3-9H2,1-2H3,(H,17,18)/t11-/m1/s1. The van der Waals surface area contributed by atoms with Crippen molar-refractivity contribution < 1.29 is 37.8 Å². The van der Waals surface area contributed by atoms with Crippen molar-refractivity contribution in [3.8, 4) is 0 Å². The summed E-state index contributed by atoms with van der Waals surface area (Å²) in [5, 5.41) is 8.94. The van der Waals surface area contributed by atoms with E-state index in [1.165, 1.54) is 0 Å². The van der Waals surface area contributed by atoms with Gasteiger partial charge in [-0.25, -0.2) is 9.59 Å². The molecule has 1 atom stereocenters. The van der Waals surface area contributed by atoms with Crippen LogP contribution in [0, 0.1) is 0 Å². The first-order valence-electron chi connectivity index (χ1n) is 7.39. The number of carbonyl (C=O) groups is 3. The Hall–Kier alpha value is -1.44. The van der Waals surface area contributed by atoms with Crippen LogP contribution >= 0.6 is 7.60 Å². The Kier molecular flexibility index (Phi) is 7.67. The highest BCUT2D eigenvalue weighted by atomic mass is 31.2. The normalized spacial score (nSPS) is 18.1. The molecule has 0 saturated carbocycles. The van der Waals surface area contributed by atoms with Crippen LogP contribution in [0.1, 0.15) is 33.1 Å². The molecule has 1 fully saturated rings. The first-order valence-corrected chi connectivity index (χ1v) is 9.11. The third-order valence-electron chi connectivity index (χ3n) is 3.19. The Morgan fingerprint density at radius 1 is 1.35 bits per heavy atom. The maximum absolute atomic E-state index is 12.2. The van der Waals surface area contributed by atoms with Gasteiger partial charge in [0.2, 0.25) is 0 Å². The summed E-state index contributed by atoms with van der Waals surface area (Å²) < 4.78 is 27.0. The van der Waals surface area contributed by atoms with Gasteiger partial charge in [0.25, 0.3) is 0 Å². The minimum Gasteiger partial charge on any atom is -0.465 e. The van der Waals surface area contributed by atoms with Crippen LogP contribution in [0.4, 0.5) is 4.79 Å². The van der Waals surface area contributed by atoms with Gasteiger partial charge < -0.3 is 18.9 Å². The lowest BCUT2D eigenvalue weighted by molar-refractivity contribution is -0.139. The molecule has 0 aromatic carbocycles. The molecule has 1 saturated heterocycles. The number of hydrogen-bond donors (Lipinski definition) is 1. The van der Waals surface area contributed by atoms with Crippen LogP contribution in [-0.4, -0.2) is 60.0 Å². The van der Waals surface area contributed by atoms with E-state index in [2.05, 4.69) is 4.74 Å². The molecule has 1 aliphatic heterocycles. The van der Waals surface area contributed by atoms with Crippen molar-refractivity contribution in [1.82, 2.24) is 4.90 Å². The minimum atomic E-state index is -3.43. The first kappa shape index (κ1) is 19.6. The Bertz CT molecular complexity index is 484. The number of rotatable bonds is 10. The minimum absolute atomic E-state index is 0.0569. The zero-order valence-electron chi connectivity index (χ0n) is 13.2. The van der Waals surface area contributed by atoms with Crippen LogP contribution in [0.2, 0.25) is 0 Å². The van der Waals surface area contributed by atoms with Crippen LogP contribution < -0.4 is 0 Å². The molecule has 0 aromatic heterocycles. The highest BCUT2D eigenvalue weighted by Crippen LogP contribution is 2.48. The van der Waals surface area contributed by atoms with Gasteiger partial charge >= 0.3 is 19.7 Å². The number of carbonyl (C=O) groups excluding carboxylic acids is 2. The summed E-state index contributed by atoms with van der Waals surface area (Å²) in [5.74, 6) is -0.933. The number of esters is 1. The predicted molar refractivity (Wildman–Crippen MR) is 79.2 cm³/mol. The molecular formula is C13H22NO8P. The first-order chi connectivity index (χ1) is 10.8. The lowest BCUT2D eigenvalue weighted by Gasteiger charge is -2.17. The van der Waals surface area contributed by atoms with Crippen molar-refractivity contribution in [3.05, 3.63) is 0 Å². The zero-order valence-corrected chi connectivity index (χ0v) is 14.1. The molecule has 1 N–H and O–H groups in total. The van der Waals surface area contributed by atoms with Crippen LogP contribution in [0.25, 0.3) is 0 Å². The van der Waals surface area contributed by atoms with Crippen molar-refractivity contribution in [1.29, 1.82) is 0 Å². The summed E-state index contributed by atoms with van der Waals surface area (Å²) in [7, 11) is -3.43. The molecule has 0 spiro atoms. The van der Waals surface area contributed by atoms with Gasteiger partial charge in [0.05, 0.1) is 13.2 Å². The van der Waals surface area contributed by atoms with E-state index in [4.69, 9.17) is 14.2 Å². The van der Waals surface area contributed by atoms with Gasteiger partial charge in [-0.3, -0.25) is 14.3 Å². The number of nitrogens with zero attached hydrogens (tertiary/aromatic N) is 1. The Morgan fingerprint density at radius 2 is 1.96 bits per heavy atom. The van der Waals surface area contributed by atoms with E-state index in [-0.39, 0.29) is 51.2 Å². The Morgan fingerprint density at radius 3 is 2.48 bits per heavy atom. The van der Waals surface area contributed by atoms with Crippen molar-refractivity contribution in [3.63, 3.8) is 0 Å². The third-order valence-corrected chi connectivity index (χ3v) is 5.24. The smallest absolute Gasteiger partial charge is 0.410 e. The molecule has 9 nitrogen and oxygen atoms in total. The van der Waals surface area contributed by atoms with Gasteiger partial charge in [-0.2, -0.15) is 0 Å². The van der Waals surface area contributed by atoms with Crippen LogP contribution in [-0.2, 0) is 27.9 Å². The number of hydrogen-bond acceptors (Lipinski definition) is 7.